The van der Waals surface area contributed by atoms with Gasteiger partial charge in [-0.15, -0.1) is 0 Å². The van der Waals surface area contributed by atoms with Crippen LogP contribution in [0.25, 0.3) is 0 Å². The van der Waals surface area contributed by atoms with Crippen LogP contribution in [0, 0.1) is 0 Å². The Morgan fingerprint density at radius 2 is 1.46 bits per heavy atom. The van der Waals surface area contributed by atoms with E-state index in [0.717, 1.165) is 44.9 Å². The molecule has 0 unspecified atom stereocenters. The van der Waals surface area contributed by atoms with Crippen molar-refractivity contribution in [2.45, 2.75) is 114 Å². The molecule has 5 heteroatoms. The fourth-order valence-electron chi connectivity index (χ4n) is 4.36. The van der Waals surface area contributed by atoms with Crippen molar-refractivity contribution < 1.29 is 24.7 Å². The van der Waals surface area contributed by atoms with E-state index in [0.29, 0.717) is 12.2 Å². The summed E-state index contributed by atoms with van der Waals surface area (Å²) in [7, 11) is 0. The maximum absolute atomic E-state index is 12.2. The molecule has 3 aliphatic rings. The molecule has 3 rings (SSSR count). The Hall–Kier alpha value is -0.650. The first-order valence-electron chi connectivity index (χ1n) is 9.98. The van der Waals surface area contributed by atoms with Gasteiger partial charge in [0.2, 0.25) is 0 Å². The number of rotatable bonds is 4. The molecule has 0 aromatic heterocycles. The zero-order valence-electron chi connectivity index (χ0n) is 15.1. The van der Waals surface area contributed by atoms with E-state index in [1.54, 1.807) is 0 Å². The van der Waals surface area contributed by atoms with Gasteiger partial charge in [0.1, 0.15) is 12.2 Å². The van der Waals surface area contributed by atoms with Crippen LogP contribution in [0.1, 0.15) is 77.6 Å². The Balaban J connectivity index is 1.71. The molecule has 0 radical (unpaired) electrons. The van der Waals surface area contributed by atoms with Crippen molar-refractivity contribution in [3.63, 3.8) is 0 Å². The number of ether oxygens (including phenoxy) is 3. The van der Waals surface area contributed by atoms with Crippen molar-refractivity contribution in [1.29, 1.82) is 0 Å². The fourth-order valence-corrected chi connectivity index (χ4v) is 4.36. The van der Waals surface area contributed by atoms with E-state index in [-0.39, 0.29) is 30.3 Å². The van der Waals surface area contributed by atoms with E-state index in [1.807, 2.05) is 6.92 Å². The number of hydrogen-bond acceptors (Lipinski definition) is 4. The van der Waals surface area contributed by atoms with E-state index in [1.165, 1.54) is 25.7 Å². The van der Waals surface area contributed by atoms with Gasteiger partial charge in [-0.25, -0.2) is 4.79 Å². The standard InChI is InChI=1S/C19H33NO4/c1-13-18(24-15-9-4-5-10-15)17(23-14-7-2-3-8-14)12-6-11-16(20)19(21)22-13/h13-18H,2-12,20H2,1H3/p+1/t13-,16-,17-,18-/m0/s1. The van der Waals surface area contributed by atoms with Gasteiger partial charge in [0.25, 0.3) is 0 Å². The normalized spacial score (nSPS) is 37.0. The topological polar surface area (TPSA) is 72.4 Å². The van der Waals surface area contributed by atoms with Crippen molar-refractivity contribution in [2.75, 3.05) is 0 Å². The Labute approximate surface area is 145 Å². The SMILES string of the molecule is C[C@@H]1OC(=O)[C@@H]([NH3+])CCC[C@H](OC2CCCC2)[C@H]1OC1CCCC1. The van der Waals surface area contributed by atoms with E-state index in [9.17, 15) is 4.79 Å². The molecule has 0 aromatic carbocycles. The Kier molecular flexibility index (Phi) is 6.53. The van der Waals surface area contributed by atoms with Gasteiger partial charge in [0.15, 0.2) is 6.04 Å². The molecule has 5 nitrogen and oxygen atoms in total. The highest BCUT2D eigenvalue weighted by Crippen LogP contribution is 2.31. The average Bonchev–Trinajstić information content (AvgIpc) is 3.24. The Bertz CT molecular complexity index is 404. The first kappa shape index (κ1) is 18.2. The highest BCUT2D eigenvalue weighted by atomic mass is 16.6. The molecule has 0 aromatic rings. The molecule has 1 saturated heterocycles. The van der Waals surface area contributed by atoms with Crippen molar-refractivity contribution >= 4 is 5.97 Å². The molecule has 3 N–H and O–H groups in total. The molecule has 2 saturated carbocycles. The summed E-state index contributed by atoms with van der Waals surface area (Å²) in [5, 5.41) is 0. The Morgan fingerprint density at radius 1 is 0.875 bits per heavy atom. The summed E-state index contributed by atoms with van der Waals surface area (Å²) >= 11 is 0. The van der Waals surface area contributed by atoms with Crippen LogP contribution in [-0.4, -0.2) is 42.5 Å². The summed E-state index contributed by atoms with van der Waals surface area (Å²) in [6.45, 7) is 1.96. The van der Waals surface area contributed by atoms with Crippen LogP contribution in [0.4, 0.5) is 0 Å². The lowest BCUT2D eigenvalue weighted by Gasteiger charge is -2.34. The lowest BCUT2D eigenvalue weighted by Crippen LogP contribution is -2.65. The molecule has 24 heavy (non-hydrogen) atoms. The number of cyclic esters (lactones) is 1. The third-order valence-corrected chi connectivity index (χ3v) is 5.83. The molecule has 138 valence electrons. The predicted octanol–water partition coefficient (Wildman–Crippen LogP) is 2.37. The van der Waals surface area contributed by atoms with Crippen LogP contribution in [0.15, 0.2) is 0 Å². The van der Waals surface area contributed by atoms with Gasteiger partial charge in [-0.3, -0.25) is 0 Å². The van der Waals surface area contributed by atoms with Crippen LogP contribution in [0.2, 0.25) is 0 Å². The van der Waals surface area contributed by atoms with Crippen LogP contribution in [0.5, 0.6) is 0 Å². The van der Waals surface area contributed by atoms with Gasteiger partial charge >= 0.3 is 5.97 Å². The number of hydrogen-bond donors (Lipinski definition) is 1. The van der Waals surface area contributed by atoms with Crippen molar-refractivity contribution in [1.82, 2.24) is 0 Å². The van der Waals surface area contributed by atoms with Gasteiger partial charge < -0.3 is 19.9 Å². The molecule has 0 bridgehead atoms. The summed E-state index contributed by atoms with van der Waals surface area (Å²) in [5.74, 6) is -0.191. The third kappa shape index (κ3) is 4.70. The summed E-state index contributed by atoms with van der Waals surface area (Å²) < 4.78 is 18.6. The molecule has 4 atom stereocenters. The van der Waals surface area contributed by atoms with Crippen LogP contribution in [-0.2, 0) is 19.0 Å². The quantitative estimate of drug-likeness (QED) is 0.798. The second-order valence-electron chi connectivity index (χ2n) is 7.86. The molecule has 0 amide bonds. The fraction of sp³-hybridized carbons (Fsp3) is 0.947. The maximum Gasteiger partial charge on any atom is 0.365 e. The molecule has 2 aliphatic carbocycles. The zero-order valence-corrected chi connectivity index (χ0v) is 15.1. The Morgan fingerprint density at radius 3 is 2.08 bits per heavy atom. The molecule has 0 spiro atoms. The smallest absolute Gasteiger partial charge is 0.365 e. The minimum Gasteiger partial charge on any atom is -0.455 e. The minimum atomic E-state index is -0.273. The van der Waals surface area contributed by atoms with Crippen LogP contribution < -0.4 is 5.73 Å². The van der Waals surface area contributed by atoms with Crippen molar-refractivity contribution in [3.05, 3.63) is 0 Å². The third-order valence-electron chi connectivity index (χ3n) is 5.83. The van der Waals surface area contributed by atoms with E-state index in [4.69, 9.17) is 14.2 Å². The lowest BCUT2D eigenvalue weighted by molar-refractivity contribution is -0.410. The van der Waals surface area contributed by atoms with Crippen LogP contribution >= 0.6 is 0 Å². The van der Waals surface area contributed by atoms with E-state index in [2.05, 4.69) is 5.73 Å². The summed E-state index contributed by atoms with van der Waals surface area (Å²) in [6.07, 6.45) is 12.4. The van der Waals surface area contributed by atoms with E-state index >= 15 is 0 Å². The highest BCUT2D eigenvalue weighted by molar-refractivity contribution is 5.74. The predicted molar refractivity (Wildman–Crippen MR) is 90.3 cm³/mol. The summed E-state index contributed by atoms with van der Waals surface area (Å²) in [4.78, 5) is 12.2. The van der Waals surface area contributed by atoms with Crippen LogP contribution in [0.3, 0.4) is 0 Å². The van der Waals surface area contributed by atoms with Gasteiger partial charge in [0, 0.05) is 6.42 Å². The van der Waals surface area contributed by atoms with Crippen molar-refractivity contribution in [2.24, 2.45) is 0 Å². The lowest BCUT2D eigenvalue weighted by atomic mass is 10.0. The second-order valence-corrected chi connectivity index (χ2v) is 7.86. The summed E-state index contributed by atoms with van der Waals surface area (Å²) in [5.41, 5.74) is 3.96. The highest BCUT2D eigenvalue weighted by Gasteiger charge is 2.38. The maximum atomic E-state index is 12.2. The molecular weight excluding hydrogens is 306 g/mol. The van der Waals surface area contributed by atoms with Gasteiger partial charge in [-0.2, -0.15) is 0 Å². The largest absolute Gasteiger partial charge is 0.455 e. The molecule has 1 aliphatic heterocycles. The first-order valence-corrected chi connectivity index (χ1v) is 9.98. The van der Waals surface area contributed by atoms with Gasteiger partial charge in [-0.1, -0.05) is 25.7 Å². The molecular formula is C19H34NO4+. The number of carbonyl (C=O) groups is 1. The number of quaternary nitrogens is 1. The minimum absolute atomic E-state index is 0.0294. The van der Waals surface area contributed by atoms with Gasteiger partial charge in [-0.05, 0) is 45.4 Å². The zero-order chi connectivity index (χ0) is 16.9. The monoisotopic (exact) mass is 340 g/mol. The van der Waals surface area contributed by atoms with Crippen molar-refractivity contribution in [3.8, 4) is 0 Å². The summed E-state index contributed by atoms with van der Waals surface area (Å²) in [6, 6.07) is -0.273. The second kappa shape index (κ2) is 8.63. The average molecular weight is 340 g/mol. The number of carbonyl (C=O) groups excluding carboxylic acids is 1. The first-order chi connectivity index (χ1) is 11.6. The molecule has 1 heterocycles. The van der Waals surface area contributed by atoms with E-state index < -0.39 is 0 Å². The van der Waals surface area contributed by atoms with Gasteiger partial charge in [0.05, 0.1) is 18.3 Å². The molecule has 3 fully saturated rings. The number of esters is 1.